The molecule has 2 atom stereocenters. The van der Waals surface area contributed by atoms with Crippen molar-refractivity contribution in [2.24, 2.45) is 0 Å². The molecule has 1 aliphatic rings. The van der Waals surface area contributed by atoms with Gasteiger partial charge in [0.05, 0.1) is 6.04 Å². The van der Waals surface area contributed by atoms with E-state index in [0.717, 1.165) is 0 Å². The number of hydrogen-bond acceptors (Lipinski definition) is 1. The smallest absolute Gasteiger partial charge is 0.0716 e. The minimum absolute atomic E-state index is 0.312. The third-order valence-electron chi connectivity index (χ3n) is 4.20. The Morgan fingerprint density at radius 2 is 1.71 bits per heavy atom. The zero-order valence-corrected chi connectivity index (χ0v) is 14.3. The molecule has 0 spiro atoms. The summed E-state index contributed by atoms with van der Waals surface area (Å²) in [6, 6.07) is 15.4. The maximum Gasteiger partial charge on any atom is 0.0716 e. The third kappa shape index (κ3) is 2.53. The first-order valence-corrected chi connectivity index (χ1v) is 8.27. The third-order valence-corrected chi connectivity index (χ3v) is 4.70. The number of alkyl halides is 1. The van der Waals surface area contributed by atoms with Crippen LogP contribution >= 0.6 is 15.9 Å². The largest absolute Gasteiger partial charge is 0.339 e. The van der Waals surface area contributed by atoms with E-state index in [4.69, 9.17) is 0 Å². The van der Waals surface area contributed by atoms with Crippen molar-refractivity contribution < 1.29 is 0 Å². The molecule has 0 bridgehead atoms. The van der Waals surface area contributed by atoms with Gasteiger partial charge in [-0.2, -0.15) is 0 Å². The number of halogens is 1. The highest BCUT2D eigenvalue weighted by Crippen LogP contribution is 2.41. The van der Waals surface area contributed by atoms with Crippen LogP contribution in [0.5, 0.6) is 0 Å². The van der Waals surface area contributed by atoms with E-state index in [1.807, 2.05) is 0 Å². The summed E-state index contributed by atoms with van der Waals surface area (Å²) >= 11 is 3.83. The normalized spacial score (nSPS) is 18.5. The summed E-state index contributed by atoms with van der Waals surface area (Å²) in [6.45, 7) is 6.61. The van der Waals surface area contributed by atoms with Crippen LogP contribution in [0.4, 0.5) is 5.69 Å². The molecule has 1 nitrogen and oxygen atoms in total. The number of rotatable bonds is 2. The Hall–Kier alpha value is -1.54. The maximum atomic E-state index is 3.83. The number of nitrogens with zero attached hydrogens (tertiary/aromatic N) is 1. The van der Waals surface area contributed by atoms with Gasteiger partial charge in [-0.05, 0) is 48.2 Å². The van der Waals surface area contributed by atoms with Crippen LogP contribution in [0.2, 0.25) is 0 Å². The Labute approximate surface area is 135 Å². The monoisotopic (exact) mass is 341 g/mol. The molecule has 1 aliphatic heterocycles. The Morgan fingerprint density at radius 1 is 1.00 bits per heavy atom. The number of hydrogen-bond donors (Lipinski definition) is 0. The van der Waals surface area contributed by atoms with Gasteiger partial charge in [0.2, 0.25) is 0 Å². The van der Waals surface area contributed by atoms with Crippen LogP contribution in [0.25, 0.3) is 6.08 Å². The second kappa shape index (κ2) is 5.69. The van der Waals surface area contributed by atoms with Crippen LogP contribution in [0.1, 0.15) is 35.2 Å². The molecule has 0 aromatic heterocycles. The second-order valence-electron chi connectivity index (χ2n) is 5.71. The molecular weight excluding hydrogens is 322 g/mol. The number of fused-ring (bicyclic) bond motifs is 1. The van der Waals surface area contributed by atoms with Gasteiger partial charge in [0.15, 0.2) is 0 Å². The summed E-state index contributed by atoms with van der Waals surface area (Å²) < 4.78 is 0. The molecule has 3 rings (SSSR count). The van der Waals surface area contributed by atoms with Gasteiger partial charge in [-0.15, -0.1) is 0 Å². The van der Waals surface area contributed by atoms with Crippen LogP contribution < -0.4 is 4.90 Å². The van der Waals surface area contributed by atoms with Gasteiger partial charge in [-0.1, -0.05) is 59.3 Å². The van der Waals surface area contributed by atoms with Crippen molar-refractivity contribution in [2.75, 3.05) is 4.90 Å². The quantitative estimate of drug-likeness (QED) is 0.641. The van der Waals surface area contributed by atoms with Crippen molar-refractivity contribution in [3.8, 4) is 0 Å². The molecule has 2 unspecified atom stereocenters. The van der Waals surface area contributed by atoms with E-state index in [0.29, 0.717) is 10.9 Å². The van der Waals surface area contributed by atoms with E-state index < -0.39 is 0 Å². The van der Waals surface area contributed by atoms with Crippen molar-refractivity contribution in [3.05, 3.63) is 70.9 Å². The zero-order valence-electron chi connectivity index (χ0n) is 12.7. The van der Waals surface area contributed by atoms with Crippen LogP contribution in [-0.2, 0) is 0 Å². The van der Waals surface area contributed by atoms with Gasteiger partial charge < -0.3 is 4.90 Å². The summed E-state index contributed by atoms with van der Waals surface area (Å²) in [4.78, 5) is 2.76. The lowest BCUT2D eigenvalue weighted by Crippen LogP contribution is -2.32. The van der Waals surface area contributed by atoms with Crippen LogP contribution in [0.3, 0.4) is 0 Å². The SMILES string of the molecule is Cc1ccccc1N1C=Cc2cccc(C)c2C1C(C)Br. The van der Waals surface area contributed by atoms with Gasteiger partial charge in [-0.25, -0.2) is 0 Å². The Bertz CT molecular complexity index is 688. The van der Waals surface area contributed by atoms with Crippen molar-refractivity contribution in [2.45, 2.75) is 31.6 Å². The lowest BCUT2D eigenvalue weighted by molar-refractivity contribution is 0.678. The van der Waals surface area contributed by atoms with Crippen molar-refractivity contribution in [1.82, 2.24) is 0 Å². The molecule has 2 aromatic carbocycles. The van der Waals surface area contributed by atoms with Crippen molar-refractivity contribution in [3.63, 3.8) is 0 Å². The average molecular weight is 342 g/mol. The van der Waals surface area contributed by atoms with E-state index in [1.165, 1.54) is 27.9 Å². The standard InChI is InChI=1S/C19H20BrN/c1-13-7-4-5-10-17(13)21-12-11-16-9-6-8-14(2)18(16)19(21)15(3)20/h4-12,15,19H,1-3H3. The molecule has 2 heteroatoms. The predicted molar refractivity (Wildman–Crippen MR) is 95.0 cm³/mol. The Kier molecular flexibility index (Phi) is 3.90. The van der Waals surface area contributed by atoms with Gasteiger partial charge in [-0.3, -0.25) is 0 Å². The lowest BCUT2D eigenvalue weighted by atomic mass is 9.90. The first kappa shape index (κ1) is 14.4. The van der Waals surface area contributed by atoms with E-state index in [1.54, 1.807) is 0 Å². The number of benzene rings is 2. The fourth-order valence-electron chi connectivity index (χ4n) is 3.18. The molecule has 0 saturated heterocycles. The lowest BCUT2D eigenvalue weighted by Gasteiger charge is -2.38. The molecule has 1 heterocycles. The average Bonchev–Trinajstić information content (AvgIpc) is 2.47. The highest BCUT2D eigenvalue weighted by Gasteiger charge is 2.30. The predicted octanol–water partition coefficient (Wildman–Crippen LogP) is 5.62. The topological polar surface area (TPSA) is 3.24 Å². The Morgan fingerprint density at radius 3 is 2.43 bits per heavy atom. The van der Waals surface area contributed by atoms with Crippen LogP contribution in [0, 0.1) is 13.8 Å². The van der Waals surface area contributed by atoms with Gasteiger partial charge in [0.25, 0.3) is 0 Å². The fraction of sp³-hybridized carbons (Fsp3) is 0.263. The summed E-state index contributed by atoms with van der Waals surface area (Å²) in [6.07, 6.45) is 4.44. The van der Waals surface area contributed by atoms with Gasteiger partial charge in [0.1, 0.15) is 0 Å². The first-order valence-electron chi connectivity index (χ1n) is 7.35. The summed E-state index contributed by atoms with van der Waals surface area (Å²) in [5, 5.41) is 0. The molecule has 0 radical (unpaired) electrons. The van der Waals surface area contributed by atoms with Gasteiger partial charge in [0, 0.05) is 16.7 Å². The first-order chi connectivity index (χ1) is 10.1. The maximum absolute atomic E-state index is 3.83. The van der Waals surface area contributed by atoms with E-state index in [2.05, 4.69) is 96.3 Å². The highest BCUT2D eigenvalue weighted by atomic mass is 79.9. The summed E-state index contributed by atoms with van der Waals surface area (Å²) in [5.41, 5.74) is 6.69. The van der Waals surface area contributed by atoms with Crippen LogP contribution in [-0.4, -0.2) is 4.83 Å². The van der Waals surface area contributed by atoms with Crippen LogP contribution in [0.15, 0.2) is 48.7 Å². The molecule has 21 heavy (non-hydrogen) atoms. The van der Waals surface area contributed by atoms with E-state index in [9.17, 15) is 0 Å². The van der Waals surface area contributed by atoms with E-state index in [-0.39, 0.29) is 0 Å². The molecule has 0 N–H and O–H groups in total. The fourth-order valence-corrected chi connectivity index (χ4v) is 3.70. The molecule has 0 amide bonds. The zero-order chi connectivity index (χ0) is 15.0. The second-order valence-corrected chi connectivity index (χ2v) is 7.15. The summed E-state index contributed by atoms with van der Waals surface area (Å²) in [5.74, 6) is 0. The molecule has 0 aliphatic carbocycles. The van der Waals surface area contributed by atoms with Crippen molar-refractivity contribution >= 4 is 27.7 Å². The number of para-hydroxylation sites is 1. The molecule has 2 aromatic rings. The number of anilines is 1. The number of aryl methyl sites for hydroxylation is 2. The highest BCUT2D eigenvalue weighted by molar-refractivity contribution is 9.09. The van der Waals surface area contributed by atoms with E-state index >= 15 is 0 Å². The molecule has 108 valence electrons. The van der Waals surface area contributed by atoms with Gasteiger partial charge >= 0.3 is 0 Å². The minimum atomic E-state index is 0.312. The van der Waals surface area contributed by atoms with Crippen molar-refractivity contribution in [1.29, 1.82) is 0 Å². The molecular formula is C19H20BrN. The summed E-state index contributed by atoms with van der Waals surface area (Å²) in [7, 11) is 0. The molecule has 0 fully saturated rings. The molecule has 0 saturated carbocycles. The minimum Gasteiger partial charge on any atom is -0.339 e. The Balaban J connectivity index is 2.16.